The number of rotatable bonds is 47. The van der Waals surface area contributed by atoms with Gasteiger partial charge in [-0.2, -0.15) is 0 Å². The molecule has 0 aromatic carbocycles. The van der Waals surface area contributed by atoms with Gasteiger partial charge in [-0.1, -0.05) is 244 Å². The van der Waals surface area contributed by atoms with Gasteiger partial charge in [0.05, 0.1) is 6.61 Å². The first-order valence-corrected chi connectivity index (χ1v) is 25.2. The van der Waals surface area contributed by atoms with E-state index in [2.05, 4.69) is 26.0 Å². The van der Waals surface area contributed by atoms with Gasteiger partial charge in [-0.05, 0) is 38.5 Å². The van der Waals surface area contributed by atoms with Gasteiger partial charge in [-0.15, -0.1) is 0 Å². The summed E-state index contributed by atoms with van der Waals surface area (Å²) in [5.74, 6) is -0.573. The summed E-state index contributed by atoms with van der Waals surface area (Å²) < 4.78 is 10.7. The van der Waals surface area contributed by atoms with Crippen molar-refractivity contribution in [2.45, 2.75) is 290 Å². The summed E-state index contributed by atoms with van der Waals surface area (Å²) in [7, 11) is 0. The van der Waals surface area contributed by atoms with Crippen LogP contribution in [-0.2, 0) is 19.1 Å². The highest BCUT2D eigenvalue weighted by Gasteiger charge is 2.16. The van der Waals surface area contributed by atoms with Gasteiger partial charge in [0.2, 0.25) is 0 Å². The van der Waals surface area contributed by atoms with Gasteiger partial charge in [-0.3, -0.25) is 9.59 Å². The number of esters is 2. The van der Waals surface area contributed by atoms with Crippen molar-refractivity contribution < 1.29 is 24.2 Å². The van der Waals surface area contributed by atoms with E-state index >= 15 is 0 Å². The summed E-state index contributed by atoms with van der Waals surface area (Å²) in [4.78, 5) is 24.4. The van der Waals surface area contributed by atoms with Crippen LogP contribution in [0.3, 0.4) is 0 Å². The second kappa shape index (κ2) is 48.0. The minimum absolute atomic E-state index is 0.0581. The second-order valence-electron chi connectivity index (χ2n) is 17.3. The minimum atomic E-state index is -0.764. The average Bonchev–Trinajstić information content (AvgIpc) is 3.20. The lowest BCUT2D eigenvalue weighted by Crippen LogP contribution is -2.28. The molecule has 0 rings (SSSR count). The normalized spacial score (nSPS) is 12.1. The van der Waals surface area contributed by atoms with Gasteiger partial charge < -0.3 is 14.6 Å². The van der Waals surface area contributed by atoms with Crippen molar-refractivity contribution in [3.05, 3.63) is 12.2 Å². The quantitative estimate of drug-likeness (QED) is 0.0378. The smallest absolute Gasteiger partial charge is 0.306 e. The van der Waals surface area contributed by atoms with Gasteiger partial charge in [0, 0.05) is 12.8 Å². The van der Waals surface area contributed by atoms with Crippen LogP contribution < -0.4 is 0 Å². The van der Waals surface area contributed by atoms with Crippen LogP contribution in [0, 0.1) is 0 Å². The Labute approximate surface area is 350 Å². The number of unbranched alkanes of at least 4 members (excludes halogenated alkanes) is 37. The summed E-state index contributed by atoms with van der Waals surface area (Å²) in [5, 5.41) is 9.60. The number of hydrogen-bond donors (Lipinski definition) is 1. The summed E-state index contributed by atoms with van der Waals surface area (Å²) in [6.07, 6.45) is 57.5. The van der Waals surface area contributed by atoms with Crippen LogP contribution in [0.4, 0.5) is 0 Å². The first kappa shape index (κ1) is 54.6. The van der Waals surface area contributed by atoms with Crippen LogP contribution in [-0.4, -0.2) is 36.4 Å². The third kappa shape index (κ3) is 45.3. The van der Waals surface area contributed by atoms with Gasteiger partial charge in [-0.25, -0.2) is 0 Å². The van der Waals surface area contributed by atoms with Crippen LogP contribution in [0.5, 0.6) is 0 Å². The monoisotopic (exact) mass is 791 g/mol. The Morgan fingerprint density at radius 2 is 0.661 bits per heavy atom. The number of carbonyl (C=O) groups excluding carboxylic acids is 2. The molecule has 0 bridgehead atoms. The molecule has 56 heavy (non-hydrogen) atoms. The molecule has 5 nitrogen and oxygen atoms in total. The van der Waals surface area contributed by atoms with Gasteiger partial charge >= 0.3 is 11.9 Å². The molecule has 0 aromatic heterocycles. The fourth-order valence-electron chi connectivity index (χ4n) is 7.73. The number of aliphatic hydroxyl groups is 1. The van der Waals surface area contributed by atoms with Crippen molar-refractivity contribution in [3.63, 3.8) is 0 Å². The summed E-state index contributed by atoms with van der Waals surface area (Å²) in [5.41, 5.74) is 0. The SMILES string of the molecule is CCCCCCCCCC/C=C\CCCCCCCCCCCCCCCCCCCC(=O)OC(CO)COC(=O)CCCCCCCCCCCCCCC. The zero-order valence-electron chi connectivity index (χ0n) is 37.9. The maximum atomic E-state index is 12.2. The van der Waals surface area contributed by atoms with E-state index in [4.69, 9.17) is 9.47 Å². The second-order valence-corrected chi connectivity index (χ2v) is 17.3. The molecule has 0 aliphatic rings. The molecule has 0 fully saturated rings. The van der Waals surface area contributed by atoms with Crippen LogP contribution >= 0.6 is 0 Å². The molecular formula is C51H98O5. The summed E-state index contributed by atoms with van der Waals surface area (Å²) in [6.45, 7) is 4.17. The lowest BCUT2D eigenvalue weighted by atomic mass is 10.0. The molecule has 0 saturated heterocycles. The third-order valence-corrected chi connectivity index (χ3v) is 11.6. The zero-order chi connectivity index (χ0) is 40.7. The fourth-order valence-corrected chi connectivity index (χ4v) is 7.73. The highest BCUT2D eigenvalue weighted by molar-refractivity contribution is 5.70. The molecular weight excluding hydrogens is 693 g/mol. The highest BCUT2D eigenvalue weighted by atomic mass is 16.6. The molecule has 0 saturated carbocycles. The standard InChI is InChI=1S/C51H98O5/c1-3-5-7-9-11-13-15-17-18-19-20-21-22-23-24-25-26-27-28-29-30-31-32-34-36-38-40-42-44-46-51(54)56-49(47-52)48-55-50(53)45-43-41-39-37-35-33-16-14-12-10-8-6-4-2/h19-20,49,52H,3-18,21-48H2,1-2H3/b20-19-. The first-order valence-electron chi connectivity index (χ1n) is 25.2. The number of hydrogen-bond acceptors (Lipinski definition) is 5. The van der Waals surface area contributed by atoms with E-state index in [1.54, 1.807) is 0 Å². The predicted octanol–water partition coefficient (Wildman–Crippen LogP) is 16.4. The number of aliphatic hydroxyl groups excluding tert-OH is 1. The van der Waals surface area contributed by atoms with E-state index in [9.17, 15) is 14.7 Å². The lowest BCUT2D eigenvalue weighted by Gasteiger charge is -2.15. The Morgan fingerprint density at radius 1 is 0.393 bits per heavy atom. The first-order chi connectivity index (χ1) is 27.6. The topological polar surface area (TPSA) is 72.8 Å². The molecule has 332 valence electrons. The van der Waals surface area contributed by atoms with E-state index < -0.39 is 6.10 Å². The molecule has 0 radical (unpaired) electrons. The van der Waals surface area contributed by atoms with E-state index in [0.29, 0.717) is 12.8 Å². The van der Waals surface area contributed by atoms with Crippen LogP contribution in [0.2, 0.25) is 0 Å². The van der Waals surface area contributed by atoms with E-state index in [0.717, 1.165) is 32.1 Å². The highest BCUT2D eigenvalue weighted by Crippen LogP contribution is 2.17. The molecule has 5 heteroatoms. The minimum Gasteiger partial charge on any atom is -0.462 e. The van der Waals surface area contributed by atoms with Gasteiger partial charge in [0.25, 0.3) is 0 Å². The molecule has 0 aliphatic carbocycles. The largest absolute Gasteiger partial charge is 0.462 e. The fraction of sp³-hybridized carbons (Fsp3) is 0.922. The molecule has 0 amide bonds. The molecule has 1 N–H and O–H groups in total. The Kier molecular flexibility index (Phi) is 46.8. The average molecular weight is 791 g/mol. The van der Waals surface area contributed by atoms with Crippen molar-refractivity contribution >= 4 is 11.9 Å². The lowest BCUT2D eigenvalue weighted by molar-refractivity contribution is -0.161. The van der Waals surface area contributed by atoms with Gasteiger partial charge in [0.15, 0.2) is 6.10 Å². The third-order valence-electron chi connectivity index (χ3n) is 11.6. The number of ether oxygens (including phenoxy) is 2. The summed E-state index contributed by atoms with van der Waals surface area (Å²) >= 11 is 0. The van der Waals surface area contributed by atoms with Crippen molar-refractivity contribution in [2.75, 3.05) is 13.2 Å². The maximum Gasteiger partial charge on any atom is 0.306 e. The molecule has 0 aliphatic heterocycles. The number of allylic oxidation sites excluding steroid dienone is 2. The van der Waals surface area contributed by atoms with Crippen molar-refractivity contribution in [1.82, 2.24) is 0 Å². The van der Waals surface area contributed by atoms with Crippen molar-refractivity contribution in [2.24, 2.45) is 0 Å². The zero-order valence-corrected chi connectivity index (χ0v) is 37.9. The van der Waals surface area contributed by atoms with Crippen molar-refractivity contribution in [1.29, 1.82) is 0 Å². The van der Waals surface area contributed by atoms with E-state index in [1.807, 2.05) is 0 Å². The molecule has 0 spiro atoms. The van der Waals surface area contributed by atoms with Crippen LogP contribution in [0.1, 0.15) is 284 Å². The molecule has 0 heterocycles. The Hall–Kier alpha value is -1.36. The van der Waals surface area contributed by atoms with Gasteiger partial charge in [0.1, 0.15) is 6.61 Å². The Bertz CT molecular complexity index is 810. The Morgan fingerprint density at radius 3 is 0.964 bits per heavy atom. The van der Waals surface area contributed by atoms with Crippen molar-refractivity contribution in [3.8, 4) is 0 Å². The molecule has 0 aromatic rings. The predicted molar refractivity (Wildman–Crippen MR) is 242 cm³/mol. The Balaban J connectivity index is 3.40. The van der Waals surface area contributed by atoms with Crippen LogP contribution in [0.25, 0.3) is 0 Å². The maximum absolute atomic E-state index is 12.2. The van der Waals surface area contributed by atoms with E-state index in [-0.39, 0.29) is 25.2 Å². The van der Waals surface area contributed by atoms with Crippen LogP contribution in [0.15, 0.2) is 12.2 Å². The summed E-state index contributed by atoms with van der Waals surface area (Å²) in [6, 6.07) is 0. The number of carbonyl (C=O) groups is 2. The van der Waals surface area contributed by atoms with E-state index in [1.165, 1.54) is 225 Å². The molecule has 1 atom stereocenters. The molecule has 1 unspecified atom stereocenters.